The molecule has 3 nitrogen and oxygen atoms in total. The van der Waals surface area contributed by atoms with E-state index in [-0.39, 0.29) is 18.7 Å². The van der Waals surface area contributed by atoms with Gasteiger partial charge in [0.2, 0.25) is 0 Å². The van der Waals surface area contributed by atoms with Crippen molar-refractivity contribution in [2.24, 2.45) is 0 Å². The number of hydrogen-bond donors (Lipinski definition) is 2. The topological polar surface area (TPSA) is 45.1 Å². The molecule has 2 N–H and O–H groups in total. The van der Waals surface area contributed by atoms with Crippen LogP contribution < -0.4 is 5.32 Å². The number of nitrogens with one attached hydrogen (secondary N) is 1. The van der Waals surface area contributed by atoms with Gasteiger partial charge in [0, 0.05) is 11.4 Å². The van der Waals surface area contributed by atoms with Crippen molar-refractivity contribution in [3.63, 3.8) is 0 Å². The fourth-order valence-electron chi connectivity index (χ4n) is 2.30. The van der Waals surface area contributed by atoms with Crippen LogP contribution in [0.3, 0.4) is 0 Å². The minimum absolute atomic E-state index is 0.0425. The van der Waals surface area contributed by atoms with E-state index in [4.69, 9.17) is 0 Å². The van der Waals surface area contributed by atoms with E-state index in [0.29, 0.717) is 11.4 Å². The number of hydrogen-bond acceptors (Lipinski definition) is 4. The Hall–Kier alpha value is -1.44. The van der Waals surface area contributed by atoms with E-state index in [2.05, 4.69) is 10.3 Å². The van der Waals surface area contributed by atoms with Crippen molar-refractivity contribution in [1.82, 2.24) is 10.3 Å². The Bertz CT molecular complexity index is 642. The highest BCUT2D eigenvalue weighted by Crippen LogP contribution is 2.33. The lowest BCUT2D eigenvalue weighted by Gasteiger charge is -2.21. The Labute approximate surface area is 137 Å². The summed E-state index contributed by atoms with van der Waals surface area (Å²) < 4.78 is 38.0. The standard InChI is InChI=1S/C16H19F3N2OS/c1-3-13(15-21-14(9-23-15)16(17,18)19)20-10(2)12-6-4-5-11(7-12)8-22/h4-7,9-10,13,20,22H,3,8H2,1-2H3. The van der Waals surface area contributed by atoms with Crippen LogP contribution in [0.4, 0.5) is 13.2 Å². The molecular formula is C16H19F3N2OS. The highest BCUT2D eigenvalue weighted by Gasteiger charge is 2.34. The lowest BCUT2D eigenvalue weighted by molar-refractivity contribution is -0.140. The minimum Gasteiger partial charge on any atom is -0.392 e. The van der Waals surface area contributed by atoms with E-state index in [1.54, 1.807) is 0 Å². The first-order valence-electron chi connectivity index (χ1n) is 7.33. The molecule has 2 aromatic rings. The van der Waals surface area contributed by atoms with Crippen LogP contribution in [-0.2, 0) is 12.8 Å². The van der Waals surface area contributed by atoms with Crippen molar-refractivity contribution in [1.29, 1.82) is 0 Å². The van der Waals surface area contributed by atoms with Gasteiger partial charge in [-0.1, -0.05) is 31.2 Å². The molecule has 1 aromatic carbocycles. The quantitative estimate of drug-likeness (QED) is 0.813. The van der Waals surface area contributed by atoms with Gasteiger partial charge in [-0.25, -0.2) is 4.98 Å². The summed E-state index contributed by atoms with van der Waals surface area (Å²) in [5.41, 5.74) is 0.938. The summed E-state index contributed by atoms with van der Waals surface area (Å²) in [6.07, 6.45) is -3.77. The Morgan fingerprint density at radius 2 is 2.09 bits per heavy atom. The van der Waals surface area contributed by atoms with E-state index in [9.17, 15) is 18.3 Å². The molecule has 7 heteroatoms. The molecule has 2 atom stereocenters. The maximum absolute atomic E-state index is 12.7. The molecular weight excluding hydrogens is 325 g/mol. The second-order valence-corrected chi connectivity index (χ2v) is 6.21. The number of thiazole rings is 1. The van der Waals surface area contributed by atoms with E-state index in [1.165, 1.54) is 0 Å². The number of aromatic nitrogens is 1. The Morgan fingerprint density at radius 1 is 1.35 bits per heavy atom. The third-order valence-corrected chi connectivity index (χ3v) is 4.56. The number of nitrogens with zero attached hydrogens (tertiary/aromatic N) is 1. The zero-order chi connectivity index (χ0) is 17.0. The molecule has 0 aliphatic carbocycles. The van der Waals surface area contributed by atoms with Gasteiger partial charge in [0.15, 0.2) is 5.69 Å². The number of halogens is 3. The van der Waals surface area contributed by atoms with Crippen LogP contribution in [0.1, 0.15) is 54.2 Å². The first-order valence-corrected chi connectivity index (χ1v) is 8.21. The van der Waals surface area contributed by atoms with Crippen LogP contribution in [-0.4, -0.2) is 10.1 Å². The molecule has 2 unspecified atom stereocenters. The molecule has 0 fully saturated rings. The van der Waals surface area contributed by atoms with Gasteiger partial charge in [0.1, 0.15) is 5.01 Å². The van der Waals surface area contributed by atoms with Crippen LogP contribution in [0.2, 0.25) is 0 Å². The molecule has 2 rings (SSSR count). The van der Waals surface area contributed by atoms with E-state index >= 15 is 0 Å². The molecule has 1 aromatic heterocycles. The average Bonchev–Trinajstić information content (AvgIpc) is 3.02. The predicted molar refractivity (Wildman–Crippen MR) is 84.1 cm³/mol. The zero-order valence-corrected chi connectivity index (χ0v) is 13.7. The fraction of sp³-hybridized carbons (Fsp3) is 0.438. The van der Waals surface area contributed by atoms with Gasteiger partial charge >= 0.3 is 6.18 Å². The van der Waals surface area contributed by atoms with Crippen LogP contribution in [0.15, 0.2) is 29.6 Å². The molecule has 0 bridgehead atoms. The van der Waals surface area contributed by atoms with Crippen molar-refractivity contribution in [2.75, 3.05) is 0 Å². The Morgan fingerprint density at radius 3 is 2.65 bits per heavy atom. The van der Waals surface area contributed by atoms with Crippen LogP contribution in [0, 0.1) is 0 Å². The van der Waals surface area contributed by atoms with Crippen LogP contribution in [0.25, 0.3) is 0 Å². The monoisotopic (exact) mass is 344 g/mol. The fourth-order valence-corrected chi connectivity index (χ4v) is 3.27. The molecule has 0 aliphatic heterocycles. The Kier molecular flexibility index (Phi) is 5.78. The van der Waals surface area contributed by atoms with Crippen molar-refractivity contribution >= 4 is 11.3 Å². The lowest BCUT2D eigenvalue weighted by atomic mass is 10.0. The predicted octanol–water partition coefficient (Wildman–Crippen LogP) is 4.46. The number of rotatable bonds is 6. The van der Waals surface area contributed by atoms with Gasteiger partial charge in [-0.05, 0) is 24.5 Å². The van der Waals surface area contributed by atoms with E-state index < -0.39 is 11.9 Å². The summed E-state index contributed by atoms with van der Waals surface area (Å²) in [5, 5.41) is 14.0. The summed E-state index contributed by atoms with van der Waals surface area (Å²) in [5.74, 6) is 0. The largest absolute Gasteiger partial charge is 0.434 e. The average molecular weight is 344 g/mol. The summed E-state index contributed by atoms with van der Waals surface area (Å²) in [6.45, 7) is 3.81. The van der Waals surface area contributed by atoms with E-state index in [1.807, 2.05) is 38.1 Å². The first-order chi connectivity index (χ1) is 10.8. The second-order valence-electron chi connectivity index (χ2n) is 5.32. The molecule has 0 saturated heterocycles. The molecule has 1 heterocycles. The molecule has 0 aliphatic rings. The number of benzene rings is 1. The molecule has 0 saturated carbocycles. The van der Waals surface area contributed by atoms with Crippen LogP contribution >= 0.6 is 11.3 Å². The maximum atomic E-state index is 12.7. The van der Waals surface area contributed by atoms with Crippen LogP contribution in [0.5, 0.6) is 0 Å². The van der Waals surface area contributed by atoms with Gasteiger partial charge in [-0.15, -0.1) is 11.3 Å². The normalized spacial score (nSPS) is 14.7. The minimum atomic E-state index is -4.41. The summed E-state index contributed by atoms with van der Waals surface area (Å²) in [6, 6.07) is 7.17. The number of aliphatic hydroxyl groups excluding tert-OH is 1. The second kappa shape index (κ2) is 7.42. The summed E-state index contributed by atoms with van der Waals surface area (Å²) in [7, 11) is 0. The third-order valence-electron chi connectivity index (χ3n) is 3.60. The molecule has 0 radical (unpaired) electrons. The highest BCUT2D eigenvalue weighted by atomic mass is 32.1. The first kappa shape index (κ1) is 17.9. The van der Waals surface area contributed by atoms with Gasteiger partial charge in [-0.3, -0.25) is 0 Å². The molecule has 0 amide bonds. The van der Waals surface area contributed by atoms with Crippen molar-refractivity contribution in [3.05, 3.63) is 51.5 Å². The van der Waals surface area contributed by atoms with E-state index in [0.717, 1.165) is 27.8 Å². The van der Waals surface area contributed by atoms with Gasteiger partial charge < -0.3 is 10.4 Å². The zero-order valence-electron chi connectivity index (χ0n) is 12.9. The maximum Gasteiger partial charge on any atom is 0.434 e. The third kappa shape index (κ3) is 4.53. The van der Waals surface area contributed by atoms with Gasteiger partial charge in [0.05, 0.1) is 12.6 Å². The highest BCUT2D eigenvalue weighted by molar-refractivity contribution is 7.09. The molecule has 126 valence electrons. The Balaban J connectivity index is 2.13. The lowest BCUT2D eigenvalue weighted by Crippen LogP contribution is -2.24. The van der Waals surface area contributed by atoms with Gasteiger partial charge in [-0.2, -0.15) is 13.2 Å². The number of aliphatic hydroxyl groups is 1. The smallest absolute Gasteiger partial charge is 0.392 e. The van der Waals surface area contributed by atoms with Crippen molar-refractivity contribution in [3.8, 4) is 0 Å². The molecule has 0 spiro atoms. The van der Waals surface area contributed by atoms with Crippen molar-refractivity contribution in [2.45, 2.75) is 45.1 Å². The summed E-state index contributed by atoms with van der Waals surface area (Å²) >= 11 is 1.02. The SMILES string of the molecule is CCC(NC(C)c1cccc(CO)c1)c1nc(C(F)(F)F)cs1. The summed E-state index contributed by atoms with van der Waals surface area (Å²) in [4.78, 5) is 3.72. The number of alkyl halides is 3. The van der Waals surface area contributed by atoms with Crippen molar-refractivity contribution < 1.29 is 18.3 Å². The molecule has 23 heavy (non-hydrogen) atoms. The van der Waals surface area contributed by atoms with Gasteiger partial charge in [0.25, 0.3) is 0 Å².